The monoisotopic (exact) mass is 581 g/mol. The molecule has 1 atom stereocenters. The minimum atomic E-state index is 0.0537. The van der Waals surface area contributed by atoms with Gasteiger partial charge in [-0.2, -0.15) is 4.98 Å². The summed E-state index contributed by atoms with van der Waals surface area (Å²) in [6, 6.07) is 18.0. The normalized spacial score (nSPS) is 14.8. The molecule has 0 fully saturated rings. The van der Waals surface area contributed by atoms with Crippen molar-refractivity contribution >= 4 is 22.8 Å². The van der Waals surface area contributed by atoms with Gasteiger partial charge in [0.1, 0.15) is 5.01 Å². The summed E-state index contributed by atoms with van der Waals surface area (Å²) < 4.78 is 5.55. The minimum Gasteiger partial charge on any atom is -0.337 e. The molecular formula is C34H39N5O2S. The summed E-state index contributed by atoms with van der Waals surface area (Å²) in [7, 11) is 2.15. The third-order valence-electron chi connectivity index (χ3n) is 7.37. The minimum absolute atomic E-state index is 0.0537. The van der Waals surface area contributed by atoms with Crippen molar-refractivity contribution in [3.05, 3.63) is 106 Å². The molecule has 42 heavy (non-hydrogen) atoms. The SMILES string of the molecule is CCCN(C)Cc1nc(C2C=CC(c3ccc(-c4noc(CN(CCC)C(=O)Cc5ccccc5)n4)cc3)=CC2)cs1. The number of nitrogens with zero attached hydrogens (tertiary/aromatic N) is 5. The zero-order valence-electron chi connectivity index (χ0n) is 24.7. The molecule has 1 aliphatic carbocycles. The molecule has 2 aromatic heterocycles. The lowest BCUT2D eigenvalue weighted by molar-refractivity contribution is -0.131. The molecule has 0 saturated heterocycles. The molecule has 2 aromatic carbocycles. The number of benzene rings is 2. The molecule has 0 saturated carbocycles. The van der Waals surface area contributed by atoms with Crippen LogP contribution in [0.5, 0.6) is 0 Å². The van der Waals surface area contributed by atoms with Gasteiger partial charge in [0.05, 0.1) is 25.2 Å². The van der Waals surface area contributed by atoms with Crippen LogP contribution in [0.25, 0.3) is 17.0 Å². The Balaban J connectivity index is 1.18. The van der Waals surface area contributed by atoms with Gasteiger partial charge in [-0.3, -0.25) is 9.69 Å². The standard InChI is InChI=1S/C34H39N5O2S/c1-4-19-38(3)23-32-35-30(24-42-32)28-15-11-26(12-16-28)27-13-17-29(18-14-27)34-36-31(41-37-34)22-39(20-5-2)33(40)21-25-9-7-6-8-10-25/h6-15,17-18,24,28H,4-5,16,19-23H2,1-3H3. The predicted molar refractivity (Wildman–Crippen MR) is 169 cm³/mol. The van der Waals surface area contributed by atoms with Crippen LogP contribution in [0.2, 0.25) is 0 Å². The molecule has 2 heterocycles. The fraction of sp³-hybridized carbons (Fsp3) is 0.353. The highest BCUT2D eigenvalue weighted by molar-refractivity contribution is 7.09. The highest BCUT2D eigenvalue weighted by Gasteiger charge is 2.19. The average Bonchev–Trinajstić information content (AvgIpc) is 3.68. The summed E-state index contributed by atoms with van der Waals surface area (Å²) >= 11 is 1.76. The average molecular weight is 582 g/mol. The number of allylic oxidation sites excluding steroid dienone is 4. The highest BCUT2D eigenvalue weighted by Crippen LogP contribution is 2.32. The Morgan fingerprint density at radius 3 is 2.45 bits per heavy atom. The summed E-state index contributed by atoms with van der Waals surface area (Å²) in [5.74, 6) is 1.34. The number of thiazole rings is 1. The first-order valence-electron chi connectivity index (χ1n) is 14.8. The smallest absolute Gasteiger partial charge is 0.246 e. The number of aromatic nitrogens is 3. The Hall–Kier alpha value is -3.88. The van der Waals surface area contributed by atoms with E-state index in [0.29, 0.717) is 37.1 Å². The molecule has 7 nitrogen and oxygen atoms in total. The van der Waals surface area contributed by atoms with Crippen molar-refractivity contribution in [3.63, 3.8) is 0 Å². The maximum Gasteiger partial charge on any atom is 0.246 e. The summed E-state index contributed by atoms with van der Waals surface area (Å²) in [4.78, 5) is 26.6. The molecule has 0 radical (unpaired) electrons. The zero-order valence-corrected chi connectivity index (χ0v) is 25.5. The lowest BCUT2D eigenvalue weighted by Gasteiger charge is -2.20. The van der Waals surface area contributed by atoms with Gasteiger partial charge in [-0.15, -0.1) is 11.3 Å². The molecule has 1 amide bonds. The van der Waals surface area contributed by atoms with Gasteiger partial charge in [0.25, 0.3) is 0 Å². The maximum atomic E-state index is 13.0. The fourth-order valence-corrected chi connectivity index (χ4v) is 6.11. The van der Waals surface area contributed by atoms with Crippen molar-refractivity contribution in [2.75, 3.05) is 20.1 Å². The van der Waals surface area contributed by atoms with Gasteiger partial charge < -0.3 is 9.42 Å². The van der Waals surface area contributed by atoms with Gasteiger partial charge in [0.15, 0.2) is 0 Å². The molecule has 218 valence electrons. The Bertz CT molecular complexity index is 1510. The Labute approximate surface area is 252 Å². The van der Waals surface area contributed by atoms with Crippen LogP contribution in [0.3, 0.4) is 0 Å². The number of carbonyl (C=O) groups excluding carboxylic acids is 1. The second-order valence-electron chi connectivity index (χ2n) is 10.8. The van der Waals surface area contributed by atoms with Crippen LogP contribution >= 0.6 is 11.3 Å². The molecule has 5 rings (SSSR count). The van der Waals surface area contributed by atoms with E-state index in [1.54, 1.807) is 16.2 Å². The molecule has 0 bridgehead atoms. The molecule has 1 unspecified atom stereocenters. The number of carbonyl (C=O) groups is 1. The zero-order chi connectivity index (χ0) is 29.3. The van der Waals surface area contributed by atoms with Crippen LogP contribution in [0.1, 0.15) is 66.7 Å². The van der Waals surface area contributed by atoms with E-state index in [9.17, 15) is 4.79 Å². The van der Waals surface area contributed by atoms with Crippen LogP contribution in [0.4, 0.5) is 0 Å². The van der Waals surface area contributed by atoms with E-state index in [4.69, 9.17) is 9.51 Å². The maximum absolute atomic E-state index is 13.0. The summed E-state index contributed by atoms with van der Waals surface area (Å²) in [5.41, 5.74) is 5.40. The quantitative estimate of drug-likeness (QED) is 0.167. The van der Waals surface area contributed by atoms with E-state index in [1.165, 1.54) is 10.6 Å². The van der Waals surface area contributed by atoms with Crippen molar-refractivity contribution in [2.24, 2.45) is 0 Å². The van der Waals surface area contributed by atoms with E-state index >= 15 is 0 Å². The van der Waals surface area contributed by atoms with Crippen molar-refractivity contribution < 1.29 is 9.32 Å². The second kappa shape index (κ2) is 14.3. The van der Waals surface area contributed by atoms with E-state index in [-0.39, 0.29) is 5.91 Å². The van der Waals surface area contributed by atoms with Crippen molar-refractivity contribution in [2.45, 2.75) is 58.5 Å². The molecule has 0 N–H and O–H groups in total. The highest BCUT2D eigenvalue weighted by atomic mass is 32.1. The molecule has 0 spiro atoms. The van der Waals surface area contributed by atoms with Gasteiger partial charge in [-0.05, 0) is 49.6 Å². The predicted octanol–water partition coefficient (Wildman–Crippen LogP) is 7.14. The van der Waals surface area contributed by atoms with Gasteiger partial charge in [0, 0.05) is 23.4 Å². The van der Waals surface area contributed by atoms with E-state index in [2.05, 4.69) is 71.7 Å². The van der Waals surface area contributed by atoms with Crippen LogP contribution < -0.4 is 0 Å². The van der Waals surface area contributed by atoms with E-state index in [1.807, 2.05) is 42.5 Å². The first-order valence-corrected chi connectivity index (χ1v) is 15.7. The second-order valence-corrected chi connectivity index (χ2v) is 11.8. The van der Waals surface area contributed by atoms with Crippen LogP contribution in [0.15, 0.2) is 82.7 Å². The van der Waals surface area contributed by atoms with E-state index in [0.717, 1.165) is 54.7 Å². The largest absolute Gasteiger partial charge is 0.337 e. The van der Waals surface area contributed by atoms with Gasteiger partial charge in [-0.1, -0.05) is 91.8 Å². The number of hydrogen-bond donors (Lipinski definition) is 0. The van der Waals surface area contributed by atoms with Gasteiger partial charge in [-0.25, -0.2) is 4.98 Å². The van der Waals surface area contributed by atoms with Crippen LogP contribution in [-0.4, -0.2) is 51.0 Å². The summed E-state index contributed by atoms with van der Waals surface area (Å²) in [6.45, 7) is 7.21. The number of hydrogen-bond acceptors (Lipinski definition) is 7. The van der Waals surface area contributed by atoms with Crippen molar-refractivity contribution in [1.82, 2.24) is 24.9 Å². The topological polar surface area (TPSA) is 75.4 Å². The molecular weight excluding hydrogens is 542 g/mol. The van der Waals surface area contributed by atoms with Crippen LogP contribution in [-0.2, 0) is 24.3 Å². The number of rotatable bonds is 13. The summed E-state index contributed by atoms with van der Waals surface area (Å²) in [6.07, 6.45) is 10.1. The van der Waals surface area contributed by atoms with Crippen molar-refractivity contribution in [3.8, 4) is 11.4 Å². The fourth-order valence-electron chi connectivity index (χ4n) is 5.17. The molecule has 8 heteroatoms. The number of amides is 1. The molecule has 0 aliphatic heterocycles. The lowest BCUT2D eigenvalue weighted by atomic mass is 9.91. The third-order valence-corrected chi connectivity index (χ3v) is 8.23. The Kier molecular flexibility index (Phi) is 10.1. The van der Waals surface area contributed by atoms with E-state index < -0.39 is 0 Å². The Morgan fingerprint density at radius 1 is 0.976 bits per heavy atom. The van der Waals surface area contributed by atoms with Crippen molar-refractivity contribution in [1.29, 1.82) is 0 Å². The first-order chi connectivity index (χ1) is 20.5. The third kappa shape index (κ3) is 7.69. The van der Waals surface area contributed by atoms with Crippen LogP contribution in [0, 0.1) is 0 Å². The Morgan fingerprint density at radius 2 is 1.74 bits per heavy atom. The molecule has 1 aliphatic rings. The lowest BCUT2D eigenvalue weighted by Crippen LogP contribution is -2.32. The summed E-state index contributed by atoms with van der Waals surface area (Å²) in [5, 5.41) is 7.58. The molecule has 4 aromatic rings. The van der Waals surface area contributed by atoms with Gasteiger partial charge >= 0.3 is 0 Å². The van der Waals surface area contributed by atoms with Gasteiger partial charge in [0.2, 0.25) is 17.6 Å². The first kappa shape index (κ1) is 29.6.